The van der Waals surface area contributed by atoms with Crippen LogP contribution in [0, 0.1) is 0 Å². The number of halogens is 1. The van der Waals surface area contributed by atoms with Gasteiger partial charge in [-0.2, -0.15) is 0 Å². The topological polar surface area (TPSA) is 64.7 Å². The molecule has 0 bridgehead atoms. The number of nitrogens with zero attached hydrogens (tertiary/aromatic N) is 2. The number of thioether (sulfide) groups is 1. The first-order valence-electron chi connectivity index (χ1n) is 8.81. The molecule has 0 spiro atoms. The fourth-order valence-electron chi connectivity index (χ4n) is 2.98. The van der Waals surface area contributed by atoms with E-state index in [1.165, 1.54) is 18.2 Å². The van der Waals surface area contributed by atoms with Crippen LogP contribution in [0.3, 0.4) is 0 Å². The zero-order valence-corrected chi connectivity index (χ0v) is 16.1. The third-order valence-corrected chi connectivity index (χ3v) is 5.27. The predicted octanol–water partition coefficient (Wildman–Crippen LogP) is 0.565. The summed E-state index contributed by atoms with van der Waals surface area (Å²) in [4.78, 5) is 28.1. The first-order valence-corrected chi connectivity index (χ1v) is 9.96. The van der Waals surface area contributed by atoms with E-state index < -0.39 is 0 Å². The van der Waals surface area contributed by atoms with Gasteiger partial charge in [0.05, 0.1) is 11.5 Å². The molecule has 2 heterocycles. The molecule has 0 atom stereocenters. The van der Waals surface area contributed by atoms with Crippen molar-refractivity contribution in [1.82, 2.24) is 20.4 Å². The fraction of sp³-hybridized carbons (Fsp3) is 0.875. The molecule has 0 aromatic carbocycles. The molecule has 0 aliphatic carbocycles. The number of carbonyl (C=O) groups is 2. The van der Waals surface area contributed by atoms with Crippen molar-refractivity contribution >= 4 is 36.0 Å². The van der Waals surface area contributed by atoms with Crippen molar-refractivity contribution in [3.8, 4) is 0 Å². The first kappa shape index (κ1) is 21.5. The lowest BCUT2D eigenvalue weighted by Crippen LogP contribution is -2.44. The number of hydrogen-bond acceptors (Lipinski definition) is 5. The van der Waals surface area contributed by atoms with Gasteiger partial charge in [-0.1, -0.05) is 0 Å². The van der Waals surface area contributed by atoms with Gasteiger partial charge in [0.2, 0.25) is 11.8 Å². The molecule has 0 aromatic rings. The Morgan fingerprint density at radius 1 is 1.00 bits per heavy atom. The molecule has 2 aliphatic rings. The predicted molar refractivity (Wildman–Crippen MR) is 102 cm³/mol. The molecule has 140 valence electrons. The Bertz CT molecular complexity index is 375. The van der Waals surface area contributed by atoms with E-state index in [0.29, 0.717) is 11.5 Å². The molecule has 2 aliphatic heterocycles. The lowest BCUT2D eigenvalue weighted by molar-refractivity contribution is -0.129. The van der Waals surface area contributed by atoms with Crippen molar-refractivity contribution in [2.75, 3.05) is 63.9 Å². The van der Waals surface area contributed by atoms with Crippen molar-refractivity contribution in [2.45, 2.75) is 25.7 Å². The highest BCUT2D eigenvalue weighted by molar-refractivity contribution is 8.00. The van der Waals surface area contributed by atoms with Crippen molar-refractivity contribution in [2.24, 2.45) is 0 Å². The van der Waals surface area contributed by atoms with Gasteiger partial charge in [0, 0.05) is 45.8 Å². The summed E-state index contributed by atoms with van der Waals surface area (Å²) in [5.41, 5.74) is 0. The largest absolute Gasteiger partial charge is 0.355 e. The van der Waals surface area contributed by atoms with E-state index in [4.69, 9.17) is 0 Å². The van der Waals surface area contributed by atoms with E-state index in [9.17, 15) is 9.59 Å². The molecule has 2 rings (SSSR count). The zero-order valence-electron chi connectivity index (χ0n) is 14.4. The second-order valence-corrected chi connectivity index (χ2v) is 7.21. The van der Waals surface area contributed by atoms with Crippen LogP contribution in [0.15, 0.2) is 0 Å². The van der Waals surface area contributed by atoms with E-state index in [2.05, 4.69) is 15.5 Å². The van der Waals surface area contributed by atoms with Gasteiger partial charge < -0.3 is 20.4 Å². The molecule has 0 radical (unpaired) electrons. The van der Waals surface area contributed by atoms with Crippen LogP contribution in [-0.2, 0) is 9.59 Å². The molecule has 6 nitrogen and oxygen atoms in total. The summed E-state index contributed by atoms with van der Waals surface area (Å²) in [5.74, 6) is 1.03. The van der Waals surface area contributed by atoms with E-state index in [1.807, 2.05) is 4.90 Å². The van der Waals surface area contributed by atoms with Crippen molar-refractivity contribution in [3.05, 3.63) is 0 Å². The maximum Gasteiger partial charge on any atom is 0.232 e. The van der Waals surface area contributed by atoms with Gasteiger partial charge >= 0.3 is 0 Å². The van der Waals surface area contributed by atoms with E-state index in [1.54, 1.807) is 0 Å². The number of carbonyl (C=O) groups excluding carboxylic acids is 2. The Kier molecular flexibility index (Phi) is 11.5. The molecule has 2 N–H and O–H groups in total. The monoisotopic (exact) mass is 378 g/mol. The van der Waals surface area contributed by atoms with Crippen LogP contribution in [0.2, 0.25) is 0 Å². The second-order valence-electron chi connectivity index (χ2n) is 6.23. The number of piperazine rings is 1. The van der Waals surface area contributed by atoms with E-state index in [0.717, 1.165) is 71.6 Å². The highest BCUT2D eigenvalue weighted by Gasteiger charge is 2.16. The standard InChI is InChI=1S/C16H30N4O2S.ClH/c21-15(18-5-4-8-19-11-6-17-7-12-19)13-23-14-16(22)20-9-2-1-3-10-20;/h17H,1-14H2,(H,18,21);1H. The number of nitrogens with one attached hydrogen (secondary N) is 2. The average Bonchev–Trinajstić information content (AvgIpc) is 2.60. The van der Waals surface area contributed by atoms with Crippen molar-refractivity contribution < 1.29 is 9.59 Å². The van der Waals surface area contributed by atoms with E-state index in [-0.39, 0.29) is 24.2 Å². The van der Waals surface area contributed by atoms with Crippen LogP contribution in [0.5, 0.6) is 0 Å². The van der Waals surface area contributed by atoms with Crippen LogP contribution in [-0.4, -0.2) is 85.5 Å². The minimum absolute atomic E-state index is 0. The van der Waals surface area contributed by atoms with Crippen LogP contribution in [0.4, 0.5) is 0 Å². The van der Waals surface area contributed by atoms with Gasteiger partial charge in [-0.3, -0.25) is 9.59 Å². The maximum absolute atomic E-state index is 12.0. The average molecular weight is 379 g/mol. The highest BCUT2D eigenvalue weighted by atomic mass is 35.5. The molecular weight excluding hydrogens is 348 g/mol. The molecule has 0 unspecified atom stereocenters. The number of piperidine rings is 1. The minimum atomic E-state index is 0. The number of amides is 2. The Labute approximate surface area is 155 Å². The van der Waals surface area contributed by atoms with Crippen LogP contribution in [0.1, 0.15) is 25.7 Å². The Morgan fingerprint density at radius 3 is 2.42 bits per heavy atom. The third kappa shape index (κ3) is 8.55. The molecule has 2 amide bonds. The molecule has 0 aromatic heterocycles. The highest BCUT2D eigenvalue weighted by Crippen LogP contribution is 2.11. The second kappa shape index (κ2) is 12.8. The van der Waals surface area contributed by atoms with Gasteiger partial charge in [0.1, 0.15) is 0 Å². The number of likely N-dealkylation sites (tertiary alicyclic amines) is 1. The van der Waals surface area contributed by atoms with E-state index >= 15 is 0 Å². The summed E-state index contributed by atoms with van der Waals surface area (Å²) >= 11 is 1.43. The summed E-state index contributed by atoms with van der Waals surface area (Å²) in [6, 6.07) is 0. The Morgan fingerprint density at radius 2 is 1.71 bits per heavy atom. The third-order valence-electron chi connectivity index (χ3n) is 4.35. The summed E-state index contributed by atoms with van der Waals surface area (Å²) in [5, 5.41) is 6.28. The zero-order chi connectivity index (χ0) is 16.3. The molecule has 8 heteroatoms. The summed E-state index contributed by atoms with van der Waals surface area (Å²) < 4.78 is 0. The molecule has 2 fully saturated rings. The van der Waals surface area contributed by atoms with Crippen LogP contribution >= 0.6 is 24.2 Å². The molecule has 24 heavy (non-hydrogen) atoms. The summed E-state index contributed by atoms with van der Waals surface area (Å²) in [6.45, 7) is 7.87. The normalized spacial score (nSPS) is 18.8. The van der Waals surface area contributed by atoms with Crippen LogP contribution in [0.25, 0.3) is 0 Å². The Balaban J connectivity index is 0.00000288. The van der Waals surface area contributed by atoms with Gasteiger partial charge in [0.15, 0.2) is 0 Å². The lowest BCUT2D eigenvalue weighted by Gasteiger charge is -2.27. The number of rotatable bonds is 8. The van der Waals surface area contributed by atoms with Gasteiger partial charge in [-0.05, 0) is 32.2 Å². The quantitative estimate of drug-likeness (QED) is 0.604. The summed E-state index contributed by atoms with van der Waals surface area (Å²) in [7, 11) is 0. The fourth-order valence-corrected chi connectivity index (χ4v) is 3.73. The number of hydrogen-bond donors (Lipinski definition) is 2. The molecular formula is C16H31ClN4O2S. The van der Waals surface area contributed by atoms with Crippen molar-refractivity contribution in [3.63, 3.8) is 0 Å². The maximum atomic E-state index is 12.0. The molecule has 2 saturated heterocycles. The summed E-state index contributed by atoms with van der Waals surface area (Å²) in [6.07, 6.45) is 4.45. The van der Waals surface area contributed by atoms with Gasteiger partial charge in [0.25, 0.3) is 0 Å². The minimum Gasteiger partial charge on any atom is -0.355 e. The molecule has 0 saturated carbocycles. The lowest BCUT2D eigenvalue weighted by atomic mass is 10.1. The van der Waals surface area contributed by atoms with Gasteiger partial charge in [-0.15, -0.1) is 24.2 Å². The Hall–Kier alpha value is -0.500. The smallest absolute Gasteiger partial charge is 0.232 e. The van der Waals surface area contributed by atoms with Gasteiger partial charge in [-0.25, -0.2) is 0 Å². The SMILES string of the molecule is Cl.O=C(CSCC(=O)N1CCCCC1)NCCCN1CCNCC1. The van der Waals surface area contributed by atoms with Crippen LogP contribution < -0.4 is 10.6 Å². The van der Waals surface area contributed by atoms with Crippen molar-refractivity contribution in [1.29, 1.82) is 0 Å². The first-order chi connectivity index (χ1) is 11.3.